The second-order valence-corrected chi connectivity index (χ2v) is 7.73. The van der Waals surface area contributed by atoms with Gasteiger partial charge in [0, 0.05) is 13.1 Å². The van der Waals surface area contributed by atoms with Crippen LogP contribution in [0.25, 0.3) is 0 Å². The van der Waals surface area contributed by atoms with Gasteiger partial charge < -0.3 is 11.1 Å². The maximum Gasteiger partial charge on any atom is 0.241 e. The Balaban J connectivity index is 1.78. The molecular weight excluding hydrogens is 338 g/mol. The first-order chi connectivity index (χ1) is 11.9. The molecule has 1 amide bonds. The first-order valence-corrected chi connectivity index (χ1v) is 9.64. The molecular formula is C18H23N3O3S. The van der Waals surface area contributed by atoms with E-state index in [1.54, 1.807) is 12.1 Å². The molecule has 1 unspecified atom stereocenters. The van der Waals surface area contributed by atoms with Crippen LogP contribution in [0.3, 0.4) is 0 Å². The number of sulfonamides is 1. The maximum atomic E-state index is 12.0. The van der Waals surface area contributed by atoms with Crippen molar-refractivity contribution in [3.8, 4) is 0 Å². The van der Waals surface area contributed by atoms with Crippen molar-refractivity contribution >= 4 is 15.9 Å². The van der Waals surface area contributed by atoms with Gasteiger partial charge in [-0.2, -0.15) is 0 Å². The summed E-state index contributed by atoms with van der Waals surface area (Å²) in [4.78, 5) is 12.0. The maximum absolute atomic E-state index is 12.0. The van der Waals surface area contributed by atoms with Gasteiger partial charge in [-0.15, -0.1) is 0 Å². The molecule has 0 saturated carbocycles. The van der Waals surface area contributed by atoms with E-state index >= 15 is 0 Å². The highest BCUT2D eigenvalue weighted by Gasteiger charge is 2.16. The Bertz CT molecular complexity index is 790. The van der Waals surface area contributed by atoms with Crippen LogP contribution in [-0.4, -0.2) is 26.6 Å². The molecule has 134 valence electrons. The molecule has 2 rings (SSSR count). The van der Waals surface area contributed by atoms with Gasteiger partial charge in [0.05, 0.1) is 5.75 Å². The van der Waals surface area contributed by atoms with Gasteiger partial charge in [-0.05, 0) is 18.1 Å². The van der Waals surface area contributed by atoms with Crippen LogP contribution in [0, 0.1) is 6.92 Å². The molecule has 2 aromatic carbocycles. The van der Waals surface area contributed by atoms with Crippen LogP contribution in [0.5, 0.6) is 0 Å². The third-order valence-electron chi connectivity index (χ3n) is 3.73. The number of aryl methyl sites for hydroxylation is 1. The Kier molecular flexibility index (Phi) is 6.69. The fourth-order valence-corrected chi connectivity index (χ4v) is 3.11. The zero-order chi connectivity index (χ0) is 18.3. The Morgan fingerprint density at radius 1 is 1.08 bits per heavy atom. The Morgan fingerprint density at radius 2 is 1.72 bits per heavy atom. The molecule has 4 N–H and O–H groups in total. The highest BCUT2D eigenvalue weighted by atomic mass is 32.2. The molecule has 1 atom stereocenters. The smallest absolute Gasteiger partial charge is 0.241 e. The molecule has 0 bridgehead atoms. The van der Waals surface area contributed by atoms with E-state index in [9.17, 15) is 13.2 Å². The fraction of sp³-hybridized carbons (Fsp3) is 0.278. The third-order valence-corrected chi connectivity index (χ3v) is 5.05. The van der Waals surface area contributed by atoms with E-state index < -0.39 is 22.0 Å². The minimum absolute atomic E-state index is 0.00250. The largest absolute Gasteiger partial charge is 0.353 e. The number of carbonyl (C=O) groups is 1. The molecule has 6 nitrogen and oxygen atoms in total. The number of nitrogens with two attached hydrogens (primary N) is 1. The van der Waals surface area contributed by atoms with Crippen LogP contribution in [0.15, 0.2) is 54.6 Å². The molecule has 0 aromatic heterocycles. The zero-order valence-electron chi connectivity index (χ0n) is 14.1. The molecule has 0 heterocycles. The second kappa shape index (κ2) is 8.75. The van der Waals surface area contributed by atoms with E-state index in [0.717, 1.165) is 11.1 Å². The van der Waals surface area contributed by atoms with Gasteiger partial charge in [0.2, 0.25) is 15.9 Å². The van der Waals surface area contributed by atoms with Crippen molar-refractivity contribution in [3.63, 3.8) is 0 Å². The van der Waals surface area contributed by atoms with E-state index in [1.807, 2.05) is 49.4 Å². The Hall–Kier alpha value is -2.22. The van der Waals surface area contributed by atoms with E-state index in [4.69, 9.17) is 5.73 Å². The van der Waals surface area contributed by atoms with Crippen molar-refractivity contribution in [2.24, 2.45) is 5.73 Å². The van der Waals surface area contributed by atoms with Crippen molar-refractivity contribution in [2.45, 2.75) is 19.5 Å². The summed E-state index contributed by atoms with van der Waals surface area (Å²) in [7, 11) is -3.48. The van der Waals surface area contributed by atoms with E-state index in [-0.39, 0.29) is 18.8 Å². The van der Waals surface area contributed by atoms with Gasteiger partial charge in [0.25, 0.3) is 0 Å². The van der Waals surface area contributed by atoms with Crippen molar-refractivity contribution in [2.75, 3.05) is 12.3 Å². The molecule has 0 aliphatic rings. The SMILES string of the molecule is Cc1ccc(C(N)C(=O)NCCS(=O)(=O)NCc2ccccc2)cc1. The normalized spacial score (nSPS) is 12.6. The van der Waals surface area contributed by atoms with Gasteiger partial charge in [-0.25, -0.2) is 13.1 Å². The van der Waals surface area contributed by atoms with Gasteiger partial charge in [-0.1, -0.05) is 60.2 Å². The van der Waals surface area contributed by atoms with Crippen LogP contribution >= 0.6 is 0 Å². The third kappa shape index (κ3) is 6.30. The molecule has 0 aliphatic carbocycles. The van der Waals surface area contributed by atoms with Crippen LogP contribution in [0.2, 0.25) is 0 Å². The van der Waals surface area contributed by atoms with Crippen molar-refractivity contribution in [1.29, 1.82) is 0 Å². The second-order valence-electron chi connectivity index (χ2n) is 5.80. The fourth-order valence-electron chi connectivity index (χ4n) is 2.21. The summed E-state index contributed by atoms with van der Waals surface area (Å²) in [5.41, 5.74) is 8.53. The van der Waals surface area contributed by atoms with Gasteiger partial charge in [0.15, 0.2) is 0 Å². The highest BCUT2D eigenvalue weighted by Crippen LogP contribution is 2.11. The number of rotatable bonds is 8. The molecule has 7 heteroatoms. The molecule has 0 fully saturated rings. The average Bonchev–Trinajstić information content (AvgIpc) is 2.61. The van der Waals surface area contributed by atoms with Crippen LogP contribution < -0.4 is 15.8 Å². The van der Waals surface area contributed by atoms with Gasteiger partial charge >= 0.3 is 0 Å². The molecule has 2 aromatic rings. The lowest BCUT2D eigenvalue weighted by Gasteiger charge is -2.13. The summed E-state index contributed by atoms with van der Waals surface area (Å²) in [6.07, 6.45) is 0. The number of nitrogens with one attached hydrogen (secondary N) is 2. The number of carbonyl (C=O) groups excluding carboxylic acids is 1. The molecule has 0 spiro atoms. The summed E-state index contributed by atoms with van der Waals surface area (Å²) in [5.74, 6) is -0.603. The van der Waals surface area contributed by atoms with Gasteiger partial charge in [-0.3, -0.25) is 4.79 Å². The van der Waals surface area contributed by atoms with Crippen molar-refractivity contribution in [3.05, 3.63) is 71.3 Å². The minimum Gasteiger partial charge on any atom is -0.353 e. The van der Waals surface area contributed by atoms with Crippen LogP contribution in [0.1, 0.15) is 22.7 Å². The summed E-state index contributed by atoms with van der Waals surface area (Å²) < 4.78 is 26.4. The lowest BCUT2D eigenvalue weighted by Crippen LogP contribution is -2.38. The number of amides is 1. The Labute approximate surface area is 148 Å². The lowest BCUT2D eigenvalue weighted by atomic mass is 10.1. The standard InChI is InChI=1S/C18H23N3O3S/c1-14-7-9-16(10-8-14)17(19)18(22)20-11-12-25(23,24)21-13-15-5-3-2-4-6-15/h2-10,17,21H,11-13,19H2,1H3,(H,20,22). The van der Waals surface area contributed by atoms with E-state index in [0.29, 0.717) is 5.56 Å². The predicted molar refractivity (Wildman–Crippen MR) is 98.2 cm³/mol. The average molecular weight is 361 g/mol. The number of hydrogen-bond acceptors (Lipinski definition) is 4. The van der Waals surface area contributed by atoms with Crippen LogP contribution in [0.4, 0.5) is 0 Å². The zero-order valence-corrected chi connectivity index (χ0v) is 14.9. The Morgan fingerprint density at radius 3 is 2.36 bits per heavy atom. The quantitative estimate of drug-likeness (QED) is 0.658. The van der Waals surface area contributed by atoms with Crippen LogP contribution in [-0.2, 0) is 21.4 Å². The number of hydrogen-bond donors (Lipinski definition) is 3. The van der Waals surface area contributed by atoms with Gasteiger partial charge in [0.1, 0.15) is 6.04 Å². The molecule has 0 radical (unpaired) electrons. The summed E-state index contributed by atoms with van der Waals surface area (Å²) in [6, 6.07) is 15.7. The van der Waals surface area contributed by atoms with E-state index in [1.165, 1.54) is 0 Å². The predicted octanol–water partition coefficient (Wildman–Crippen LogP) is 1.23. The molecule has 25 heavy (non-hydrogen) atoms. The molecule has 0 aliphatic heterocycles. The van der Waals surface area contributed by atoms with Crippen molar-refractivity contribution in [1.82, 2.24) is 10.0 Å². The monoisotopic (exact) mass is 361 g/mol. The lowest BCUT2D eigenvalue weighted by molar-refractivity contribution is -0.122. The molecule has 0 saturated heterocycles. The topological polar surface area (TPSA) is 101 Å². The van der Waals surface area contributed by atoms with Crippen molar-refractivity contribution < 1.29 is 13.2 Å². The number of benzene rings is 2. The first kappa shape index (κ1) is 19.1. The highest BCUT2D eigenvalue weighted by molar-refractivity contribution is 7.89. The van der Waals surface area contributed by atoms with E-state index in [2.05, 4.69) is 10.0 Å². The minimum atomic E-state index is -3.48. The summed E-state index contributed by atoms with van der Waals surface area (Å²) in [5, 5.41) is 2.57. The summed E-state index contributed by atoms with van der Waals surface area (Å²) in [6.45, 7) is 2.17. The first-order valence-electron chi connectivity index (χ1n) is 7.98. The summed E-state index contributed by atoms with van der Waals surface area (Å²) >= 11 is 0.